The highest BCUT2D eigenvalue weighted by Crippen LogP contribution is 2.38. The molecule has 0 aliphatic carbocycles. The molecular formula is C25H27ClN4O4S. The van der Waals surface area contributed by atoms with E-state index in [-0.39, 0.29) is 17.4 Å². The third-order valence-electron chi connectivity index (χ3n) is 6.36. The number of hydrogen-bond acceptors (Lipinski definition) is 6. The van der Waals surface area contributed by atoms with E-state index in [1.54, 1.807) is 24.3 Å². The zero-order valence-corrected chi connectivity index (χ0v) is 20.7. The van der Waals surface area contributed by atoms with Crippen molar-refractivity contribution in [3.8, 4) is 5.75 Å². The van der Waals surface area contributed by atoms with Crippen LogP contribution in [-0.2, 0) is 14.8 Å². The summed E-state index contributed by atoms with van der Waals surface area (Å²) < 4.78 is 33.9. The lowest BCUT2D eigenvalue weighted by atomic mass is 10.1. The maximum Gasteiger partial charge on any atom is 0.262 e. The van der Waals surface area contributed by atoms with Gasteiger partial charge in [-0.05, 0) is 60.1 Å². The number of benzene rings is 3. The highest BCUT2D eigenvalue weighted by atomic mass is 35.5. The predicted octanol–water partition coefficient (Wildman–Crippen LogP) is 3.31. The minimum atomic E-state index is -3.58. The number of ether oxygens (including phenoxy) is 1. The molecule has 10 heteroatoms. The molecule has 3 aromatic rings. The molecule has 2 heterocycles. The van der Waals surface area contributed by atoms with Gasteiger partial charge in [-0.2, -0.15) is 0 Å². The van der Waals surface area contributed by atoms with Gasteiger partial charge in [0.1, 0.15) is 0 Å². The molecule has 1 saturated heterocycles. The van der Waals surface area contributed by atoms with Crippen LogP contribution in [-0.4, -0.2) is 65.1 Å². The fourth-order valence-corrected chi connectivity index (χ4v) is 5.80. The summed E-state index contributed by atoms with van der Waals surface area (Å²) >= 11 is 6.01. The Kier molecular flexibility index (Phi) is 6.84. The number of para-hydroxylation sites is 1. The molecule has 0 bridgehead atoms. The minimum Gasteiger partial charge on any atom is -0.479 e. The second kappa shape index (κ2) is 10.0. The van der Waals surface area contributed by atoms with Crippen molar-refractivity contribution in [2.75, 3.05) is 56.1 Å². The molecule has 1 fully saturated rings. The number of sulfonamides is 1. The molecular weight excluding hydrogens is 488 g/mol. The topological polar surface area (TPSA) is 91.0 Å². The normalized spacial score (nSPS) is 16.6. The van der Waals surface area contributed by atoms with Crippen molar-refractivity contribution in [2.45, 2.75) is 11.3 Å². The van der Waals surface area contributed by atoms with Crippen LogP contribution in [0.15, 0.2) is 59.5 Å². The van der Waals surface area contributed by atoms with Crippen molar-refractivity contribution in [2.24, 2.45) is 0 Å². The summed E-state index contributed by atoms with van der Waals surface area (Å²) in [6, 6.07) is 16.2. The zero-order chi connectivity index (χ0) is 24.4. The summed E-state index contributed by atoms with van der Waals surface area (Å²) in [5.74, 6) is 0.590. The number of nitrogens with one attached hydrogen (secondary N) is 2. The highest BCUT2D eigenvalue weighted by molar-refractivity contribution is 7.89. The molecule has 35 heavy (non-hydrogen) atoms. The Morgan fingerprint density at radius 1 is 1.00 bits per heavy atom. The first-order valence-corrected chi connectivity index (χ1v) is 13.5. The second-order valence-corrected chi connectivity index (χ2v) is 10.9. The average Bonchev–Trinajstić information content (AvgIpc) is 2.86. The van der Waals surface area contributed by atoms with E-state index >= 15 is 0 Å². The number of halogens is 1. The Bertz CT molecular complexity index is 1360. The smallest absolute Gasteiger partial charge is 0.262 e. The summed E-state index contributed by atoms with van der Waals surface area (Å²) in [6.45, 7) is 4.63. The van der Waals surface area contributed by atoms with Crippen LogP contribution >= 0.6 is 11.6 Å². The molecule has 3 aromatic carbocycles. The Morgan fingerprint density at radius 3 is 2.60 bits per heavy atom. The van der Waals surface area contributed by atoms with Gasteiger partial charge < -0.3 is 15.0 Å². The van der Waals surface area contributed by atoms with Crippen LogP contribution in [0.25, 0.3) is 10.8 Å². The molecule has 2 aliphatic rings. The SMILES string of the molecule is O=C1COc2c(cccc2N2CCN(CCCNS(=O)(=O)c3ccc4cc(Cl)ccc4c3)CC2)N1. The molecule has 0 spiro atoms. The van der Waals surface area contributed by atoms with Crippen LogP contribution in [0, 0.1) is 0 Å². The standard InChI is InChI=1S/C25H27ClN4O4S/c26-20-7-5-19-16-21(8-6-18(19)15-20)35(32,33)27-9-2-10-29-11-13-30(14-12-29)23-4-1-3-22-25(23)34-17-24(31)28-22/h1,3-8,15-16,27H,2,9-14,17H2,(H,28,31). The van der Waals surface area contributed by atoms with E-state index in [0.29, 0.717) is 17.3 Å². The number of carbonyl (C=O) groups excluding carboxylic acids is 1. The molecule has 2 aliphatic heterocycles. The first kappa shape index (κ1) is 23.9. The van der Waals surface area contributed by atoms with Crippen molar-refractivity contribution in [3.05, 3.63) is 59.6 Å². The van der Waals surface area contributed by atoms with Gasteiger partial charge in [-0.15, -0.1) is 0 Å². The Labute approximate surface area is 209 Å². The first-order valence-electron chi connectivity index (χ1n) is 11.6. The van der Waals surface area contributed by atoms with Crippen molar-refractivity contribution in [3.63, 3.8) is 0 Å². The van der Waals surface area contributed by atoms with Crippen LogP contribution in [0.5, 0.6) is 5.75 Å². The van der Waals surface area contributed by atoms with Gasteiger partial charge in [0, 0.05) is 37.7 Å². The quantitative estimate of drug-likeness (QED) is 0.470. The van der Waals surface area contributed by atoms with E-state index in [4.69, 9.17) is 16.3 Å². The number of fused-ring (bicyclic) bond motifs is 2. The predicted molar refractivity (Wildman–Crippen MR) is 138 cm³/mol. The molecule has 0 unspecified atom stereocenters. The molecule has 0 atom stereocenters. The second-order valence-electron chi connectivity index (χ2n) is 8.72. The van der Waals surface area contributed by atoms with Gasteiger partial charge in [-0.3, -0.25) is 9.69 Å². The lowest BCUT2D eigenvalue weighted by Crippen LogP contribution is -2.47. The van der Waals surface area contributed by atoms with E-state index in [1.807, 2.05) is 30.3 Å². The van der Waals surface area contributed by atoms with Gasteiger partial charge >= 0.3 is 0 Å². The molecule has 1 amide bonds. The minimum absolute atomic E-state index is 0.0352. The van der Waals surface area contributed by atoms with Gasteiger partial charge in [0.25, 0.3) is 5.91 Å². The monoisotopic (exact) mass is 514 g/mol. The Balaban J connectivity index is 1.11. The fourth-order valence-electron chi connectivity index (χ4n) is 4.51. The Hall–Kier alpha value is -2.85. The summed E-state index contributed by atoms with van der Waals surface area (Å²) in [5.41, 5.74) is 1.70. The van der Waals surface area contributed by atoms with Gasteiger partial charge in [-0.1, -0.05) is 29.8 Å². The van der Waals surface area contributed by atoms with Crippen molar-refractivity contribution < 1.29 is 17.9 Å². The first-order chi connectivity index (χ1) is 16.9. The summed E-state index contributed by atoms with van der Waals surface area (Å²) in [7, 11) is -3.58. The van der Waals surface area contributed by atoms with Gasteiger partial charge in [0.05, 0.1) is 16.3 Å². The molecule has 0 aromatic heterocycles. The van der Waals surface area contributed by atoms with Crippen LogP contribution in [0.3, 0.4) is 0 Å². The number of rotatable bonds is 7. The van der Waals surface area contributed by atoms with E-state index in [9.17, 15) is 13.2 Å². The molecule has 0 saturated carbocycles. The number of carbonyl (C=O) groups is 1. The molecule has 0 radical (unpaired) electrons. The maximum atomic E-state index is 12.7. The maximum absolute atomic E-state index is 12.7. The van der Waals surface area contributed by atoms with E-state index < -0.39 is 10.0 Å². The lowest BCUT2D eigenvalue weighted by molar-refractivity contribution is -0.118. The molecule has 5 rings (SSSR count). The van der Waals surface area contributed by atoms with Crippen molar-refractivity contribution in [1.82, 2.24) is 9.62 Å². The third-order valence-corrected chi connectivity index (χ3v) is 8.05. The third kappa shape index (κ3) is 5.38. The number of hydrogen-bond donors (Lipinski definition) is 2. The van der Waals surface area contributed by atoms with E-state index in [2.05, 4.69) is 19.8 Å². The lowest BCUT2D eigenvalue weighted by Gasteiger charge is -2.37. The molecule has 184 valence electrons. The Morgan fingerprint density at radius 2 is 1.77 bits per heavy atom. The zero-order valence-electron chi connectivity index (χ0n) is 19.2. The number of nitrogens with zero attached hydrogens (tertiary/aromatic N) is 2. The molecule has 2 N–H and O–H groups in total. The van der Waals surface area contributed by atoms with E-state index in [0.717, 1.165) is 61.4 Å². The average molecular weight is 515 g/mol. The van der Waals surface area contributed by atoms with Gasteiger partial charge in [-0.25, -0.2) is 13.1 Å². The number of amides is 1. The van der Waals surface area contributed by atoms with Crippen LogP contribution in [0.4, 0.5) is 11.4 Å². The molecule has 8 nitrogen and oxygen atoms in total. The van der Waals surface area contributed by atoms with Crippen LogP contribution in [0.1, 0.15) is 6.42 Å². The van der Waals surface area contributed by atoms with Crippen molar-refractivity contribution in [1.29, 1.82) is 0 Å². The fraction of sp³-hybridized carbons (Fsp3) is 0.320. The van der Waals surface area contributed by atoms with E-state index in [1.165, 1.54) is 0 Å². The summed E-state index contributed by atoms with van der Waals surface area (Å²) in [5, 5.41) is 5.22. The van der Waals surface area contributed by atoms with Gasteiger partial charge in [0.15, 0.2) is 12.4 Å². The van der Waals surface area contributed by atoms with Crippen LogP contribution < -0.4 is 19.7 Å². The largest absolute Gasteiger partial charge is 0.479 e. The number of anilines is 2. The van der Waals surface area contributed by atoms with Crippen LogP contribution in [0.2, 0.25) is 5.02 Å². The summed E-state index contributed by atoms with van der Waals surface area (Å²) in [6.07, 6.45) is 0.721. The highest BCUT2D eigenvalue weighted by Gasteiger charge is 2.24. The van der Waals surface area contributed by atoms with Gasteiger partial charge in [0.2, 0.25) is 10.0 Å². The summed E-state index contributed by atoms with van der Waals surface area (Å²) in [4.78, 5) is 16.4. The number of piperazine rings is 1. The van der Waals surface area contributed by atoms with Crippen molar-refractivity contribution >= 4 is 49.7 Å².